The van der Waals surface area contributed by atoms with Crippen molar-refractivity contribution < 1.29 is 22.7 Å². The molecule has 0 bridgehead atoms. The van der Waals surface area contributed by atoms with Crippen molar-refractivity contribution >= 4 is 21.8 Å². The Hall–Kier alpha value is -1.72. The quantitative estimate of drug-likeness (QED) is 0.715. The van der Waals surface area contributed by atoms with Gasteiger partial charge in [0.05, 0.1) is 6.54 Å². The topological polar surface area (TPSA) is 50.4 Å². The van der Waals surface area contributed by atoms with Gasteiger partial charge in [-0.2, -0.15) is 13.2 Å². The van der Waals surface area contributed by atoms with Crippen LogP contribution in [-0.2, 0) is 11.3 Å². The van der Waals surface area contributed by atoms with E-state index in [0.717, 1.165) is 10.0 Å². The van der Waals surface area contributed by atoms with Crippen molar-refractivity contribution in [3.63, 3.8) is 0 Å². The van der Waals surface area contributed by atoms with Gasteiger partial charge in [0.15, 0.2) is 0 Å². The van der Waals surface area contributed by atoms with Crippen molar-refractivity contribution in [1.82, 2.24) is 10.6 Å². The maximum absolute atomic E-state index is 11.9. The Kier molecular flexibility index (Phi) is 7.21. The normalized spacial score (nSPS) is 10.9. The van der Waals surface area contributed by atoms with Crippen molar-refractivity contribution in [2.75, 3.05) is 19.7 Å². The molecule has 0 aromatic heterocycles. The molecule has 120 valence electrons. The number of hydrogen-bond donors (Lipinski definition) is 2. The summed E-state index contributed by atoms with van der Waals surface area (Å²) in [6, 6.07) is 5.25. The summed E-state index contributed by atoms with van der Waals surface area (Å²) < 4.78 is 42.0. The molecular formula is C14H14BrF3N2O2. The van der Waals surface area contributed by atoms with Crippen LogP contribution in [0.5, 0.6) is 5.75 Å². The highest BCUT2D eigenvalue weighted by Crippen LogP contribution is 2.23. The molecule has 0 unspecified atom stereocenters. The van der Waals surface area contributed by atoms with Gasteiger partial charge < -0.3 is 15.4 Å². The number of hydrogen-bond acceptors (Lipinski definition) is 3. The zero-order valence-corrected chi connectivity index (χ0v) is 13.1. The summed E-state index contributed by atoms with van der Waals surface area (Å²) in [5.41, 5.74) is 0.730. The first-order chi connectivity index (χ1) is 10.3. The van der Waals surface area contributed by atoms with E-state index in [9.17, 15) is 18.0 Å². The minimum atomic E-state index is -4.42. The first-order valence-electron chi connectivity index (χ1n) is 6.20. The van der Waals surface area contributed by atoms with Gasteiger partial charge in [0, 0.05) is 16.6 Å². The molecule has 0 heterocycles. The van der Waals surface area contributed by atoms with Gasteiger partial charge in [0.1, 0.15) is 18.9 Å². The number of amides is 1. The third-order valence-electron chi connectivity index (χ3n) is 2.42. The van der Waals surface area contributed by atoms with Crippen LogP contribution in [-0.4, -0.2) is 31.8 Å². The largest absolute Gasteiger partial charge is 0.481 e. The van der Waals surface area contributed by atoms with E-state index in [1.807, 2.05) is 0 Å². The Morgan fingerprint density at radius 3 is 2.77 bits per heavy atom. The Labute approximate surface area is 134 Å². The summed E-state index contributed by atoms with van der Waals surface area (Å²) in [5, 5.41) is 4.53. The molecule has 4 nitrogen and oxygen atoms in total. The lowest BCUT2D eigenvalue weighted by atomic mass is 10.2. The number of rotatable bonds is 7. The zero-order valence-electron chi connectivity index (χ0n) is 11.5. The van der Waals surface area contributed by atoms with Crippen molar-refractivity contribution in [3.8, 4) is 18.1 Å². The highest BCUT2D eigenvalue weighted by atomic mass is 79.9. The molecule has 0 atom stereocenters. The number of ether oxygens (including phenoxy) is 1. The molecule has 0 aliphatic heterocycles. The summed E-state index contributed by atoms with van der Waals surface area (Å²) in [6.07, 6.45) is 0.699. The molecule has 1 rings (SSSR count). The summed E-state index contributed by atoms with van der Waals surface area (Å²) in [7, 11) is 0. The Balaban J connectivity index is 2.48. The Morgan fingerprint density at radius 2 is 2.14 bits per heavy atom. The third kappa shape index (κ3) is 7.33. The van der Waals surface area contributed by atoms with Crippen LogP contribution in [0.4, 0.5) is 13.2 Å². The van der Waals surface area contributed by atoms with Gasteiger partial charge in [-0.25, -0.2) is 0 Å². The fraction of sp³-hybridized carbons (Fsp3) is 0.357. The lowest BCUT2D eigenvalue weighted by molar-refractivity contribution is -0.137. The van der Waals surface area contributed by atoms with Gasteiger partial charge in [-0.05, 0) is 18.2 Å². The second-order valence-electron chi connectivity index (χ2n) is 4.24. The van der Waals surface area contributed by atoms with Crippen LogP contribution in [0.2, 0.25) is 0 Å². The predicted octanol–water partition coefficient (Wildman–Crippen LogP) is 2.23. The van der Waals surface area contributed by atoms with E-state index in [4.69, 9.17) is 11.2 Å². The van der Waals surface area contributed by atoms with Gasteiger partial charge in [-0.15, -0.1) is 6.42 Å². The molecule has 8 heteroatoms. The average Bonchev–Trinajstić information content (AvgIpc) is 2.43. The second-order valence-corrected chi connectivity index (χ2v) is 5.16. The zero-order chi connectivity index (χ0) is 16.6. The highest BCUT2D eigenvalue weighted by molar-refractivity contribution is 9.10. The molecule has 2 N–H and O–H groups in total. The standard InChI is InChI=1S/C14H14BrF3N2O2/c1-2-5-22-12-4-3-11(15)6-10(12)7-19-8-13(21)20-9-14(16,17)18/h1,3-4,6,19H,5,7-9H2,(H,20,21). The first kappa shape index (κ1) is 18.3. The van der Waals surface area contributed by atoms with Gasteiger partial charge in [-0.3, -0.25) is 4.79 Å². The minimum Gasteiger partial charge on any atom is -0.481 e. The number of benzene rings is 1. The summed E-state index contributed by atoms with van der Waals surface area (Å²) >= 11 is 3.30. The van der Waals surface area contributed by atoms with Crippen LogP contribution in [0.25, 0.3) is 0 Å². The van der Waals surface area contributed by atoms with Gasteiger partial charge in [-0.1, -0.05) is 21.9 Å². The molecule has 0 radical (unpaired) electrons. The maximum atomic E-state index is 11.9. The number of alkyl halides is 3. The average molecular weight is 379 g/mol. The minimum absolute atomic E-state index is 0.0979. The van der Waals surface area contributed by atoms with Crippen molar-refractivity contribution in [3.05, 3.63) is 28.2 Å². The fourth-order valence-corrected chi connectivity index (χ4v) is 1.93. The summed E-state index contributed by atoms with van der Waals surface area (Å²) in [4.78, 5) is 11.3. The number of nitrogens with one attached hydrogen (secondary N) is 2. The van der Waals surface area contributed by atoms with Gasteiger partial charge >= 0.3 is 6.18 Å². The SMILES string of the molecule is C#CCOc1ccc(Br)cc1CNCC(=O)NCC(F)(F)F. The van der Waals surface area contributed by atoms with Crippen molar-refractivity contribution in [1.29, 1.82) is 0 Å². The predicted molar refractivity (Wildman–Crippen MR) is 79.2 cm³/mol. The van der Waals surface area contributed by atoms with E-state index in [1.54, 1.807) is 23.5 Å². The van der Waals surface area contributed by atoms with Crippen LogP contribution in [0.3, 0.4) is 0 Å². The summed E-state index contributed by atoms with van der Waals surface area (Å²) in [5.74, 6) is 2.15. The molecular weight excluding hydrogens is 365 g/mol. The van der Waals surface area contributed by atoms with E-state index in [0.29, 0.717) is 5.75 Å². The Bertz CT molecular complexity index is 556. The smallest absolute Gasteiger partial charge is 0.405 e. The number of carbonyl (C=O) groups is 1. The second kappa shape index (κ2) is 8.66. The van der Waals surface area contributed by atoms with E-state index >= 15 is 0 Å². The van der Waals surface area contributed by atoms with Gasteiger partial charge in [0.25, 0.3) is 0 Å². The van der Waals surface area contributed by atoms with Crippen molar-refractivity contribution in [2.45, 2.75) is 12.7 Å². The number of terminal acetylenes is 1. The number of carbonyl (C=O) groups excluding carboxylic acids is 1. The molecule has 0 saturated carbocycles. The monoisotopic (exact) mass is 378 g/mol. The molecule has 0 spiro atoms. The lowest BCUT2D eigenvalue weighted by Gasteiger charge is -2.12. The van der Waals surface area contributed by atoms with Crippen LogP contribution in [0.1, 0.15) is 5.56 Å². The molecule has 1 aromatic rings. The molecule has 22 heavy (non-hydrogen) atoms. The maximum Gasteiger partial charge on any atom is 0.405 e. The third-order valence-corrected chi connectivity index (χ3v) is 2.91. The molecule has 0 aliphatic rings. The fourth-order valence-electron chi connectivity index (χ4n) is 1.52. The van der Waals surface area contributed by atoms with Crippen LogP contribution >= 0.6 is 15.9 Å². The van der Waals surface area contributed by atoms with Crippen molar-refractivity contribution in [2.24, 2.45) is 0 Å². The number of halogens is 4. The molecule has 0 saturated heterocycles. The Morgan fingerprint density at radius 1 is 1.41 bits per heavy atom. The lowest BCUT2D eigenvalue weighted by Crippen LogP contribution is -2.39. The first-order valence-corrected chi connectivity index (χ1v) is 7.00. The van der Waals surface area contributed by atoms with Gasteiger partial charge in [0.2, 0.25) is 5.91 Å². The summed E-state index contributed by atoms with van der Waals surface area (Å²) in [6.45, 7) is -1.24. The van der Waals surface area contributed by atoms with Crippen LogP contribution in [0, 0.1) is 12.3 Å². The molecule has 1 aromatic carbocycles. The van der Waals surface area contributed by atoms with E-state index < -0.39 is 18.6 Å². The molecule has 0 fully saturated rings. The van der Waals surface area contributed by atoms with E-state index in [-0.39, 0.29) is 19.7 Å². The van der Waals surface area contributed by atoms with Crippen LogP contribution in [0.15, 0.2) is 22.7 Å². The van der Waals surface area contributed by atoms with Crippen LogP contribution < -0.4 is 15.4 Å². The molecule has 1 amide bonds. The molecule has 0 aliphatic carbocycles. The highest BCUT2D eigenvalue weighted by Gasteiger charge is 2.27. The van der Waals surface area contributed by atoms with E-state index in [1.165, 1.54) is 0 Å². The van der Waals surface area contributed by atoms with E-state index in [2.05, 4.69) is 27.2 Å².